The molecule has 0 aromatic heterocycles. The molecule has 2 amide bonds. The zero-order valence-electron chi connectivity index (χ0n) is 18.0. The van der Waals surface area contributed by atoms with Crippen molar-refractivity contribution in [1.29, 1.82) is 0 Å². The Labute approximate surface area is 187 Å². The molecule has 32 heavy (non-hydrogen) atoms. The number of hydrogen-bond donors (Lipinski definition) is 1. The average molecular weight is 431 g/mol. The number of methoxy groups -OCH3 is 1. The molecule has 1 heterocycles. The standard InChI is InChI=1S/C26H26N2O4/c1-32-24(29)17-18-9-11-21(12-10-18)27-25(30)20-13-15-28(16-14-20)26(31)23-8-4-6-19-5-2-3-7-22(19)23/h2-12,20H,13-17H2,1H3,(H,27,30). The summed E-state index contributed by atoms with van der Waals surface area (Å²) in [6.45, 7) is 1.11. The van der Waals surface area contributed by atoms with Crippen molar-refractivity contribution in [1.82, 2.24) is 4.90 Å². The lowest BCUT2D eigenvalue weighted by Crippen LogP contribution is -2.41. The highest BCUT2D eigenvalue weighted by molar-refractivity contribution is 6.07. The van der Waals surface area contributed by atoms with E-state index in [-0.39, 0.29) is 30.1 Å². The van der Waals surface area contributed by atoms with Gasteiger partial charge in [-0.2, -0.15) is 0 Å². The van der Waals surface area contributed by atoms with Crippen LogP contribution < -0.4 is 5.32 Å². The predicted molar refractivity (Wildman–Crippen MR) is 123 cm³/mol. The van der Waals surface area contributed by atoms with Crippen molar-refractivity contribution in [2.45, 2.75) is 19.3 Å². The van der Waals surface area contributed by atoms with E-state index in [1.54, 1.807) is 24.3 Å². The number of likely N-dealkylation sites (tertiary alicyclic amines) is 1. The molecule has 0 unspecified atom stereocenters. The smallest absolute Gasteiger partial charge is 0.309 e. The molecule has 164 valence electrons. The SMILES string of the molecule is COC(=O)Cc1ccc(NC(=O)C2CCN(C(=O)c3cccc4ccccc34)CC2)cc1. The van der Waals surface area contributed by atoms with Crippen molar-refractivity contribution in [3.05, 3.63) is 77.9 Å². The van der Waals surface area contributed by atoms with Crippen molar-refractivity contribution in [2.75, 3.05) is 25.5 Å². The van der Waals surface area contributed by atoms with E-state index in [0.717, 1.165) is 16.3 Å². The first kappa shape index (κ1) is 21.6. The maximum atomic E-state index is 13.1. The van der Waals surface area contributed by atoms with Crippen LogP contribution >= 0.6 is 0 Å². The highest BCUT2D eigenvalue weighted by Gasteiger charge is 2.28. The van der Waals surface area contributed by atoms with E-state index in [2.05, 4.69) is 10.1 Å². The van der Waals surface area contributed by atoms with Crippen LogP contribution in [0.25, 0.3) is 10.8 Å². The van der Waals surface area contributed by atoms with Gasteiger partial charge >= 0.3 is 5.97 Å². The second-order valence-electron chi connectivity index (χ2n) is 8.03. The highest BCUT2D eigenvalue weighted by Crippen LogP contribution is 2.24. The van der Waals surface area contributed by atoms with E-state index in [4.69, 9.17) is 0 Å². The Hall–Kier alpha value is -3.67. The van der Waals surface area contributed by atoms with E-state index < -0.39 is 0 Å². The summed E-state index contributed by atoms with van der Waals surface area (Å²) < 4.78 is 4.67. The fourth-order valence-corrected chi connectivity index (χ4v) is 4.12. The second-order valence-corrected chi connectivity index (χ2v) is 8.03. The van der Waals surface area contributed by atoms with Crippen LogP contribution in [0, 0.1) is 5.92 Å². The van der Waals surface area contributed by atoms with Gasteiger partial charge in [0.15, 0.2) is 0 Å². The third-order valence-electron chi connectivity index (χ3n) is 5.97. The molecule has 3 aromatic carbocycles. The van der Waals surface area contributed by atoms with E-state index in [1.165, 1.54) is 7.11 Å². The first-order valence-electron chi connectivity index (χ1n) is 10.8. The Morgan fingerprint density at radius 2 is 1.62 bits per heavy atom. The topological polar surface area (TPSA) is 75.7 Å². The first-order chi connectivity index (χ1) is 15.5. The van der Waals surface area contributed by atoms with Gasteiger partial charge < -0.3 is 15.0 Å². The minimum Gasteiger partial charge on any atom is -0.469 e. The molecule has 0 atom stereocenters. The Morgan fingerprint density at radius 1 is 0.938 bits per heavy atom. The van der Waals surface area contributed by atoms with Crippen molar-refractivity contribution in [3.63, 3.8) is 0 Å². The number of piperidine rings is 1. The number of ether oxygens (including phenoxy) is 1. The van der Waals surface area contributed by atoms with Gasteiger partial charge in [0.05, 0.1) is 13.5 Å². The number of amides is 2. The van der Waals surface area contributed by atoms with Crippen LogP contribution in [-0.2, 0) is 20.7 Å². The van der Waals surface area contributed by atoms with E-state index in [1.807, 2.05) is 47.4 Å². The Bertz CT molecular complexity index is 1130. The zero-order chi connectivity index (χ0) is 22.5. The zero-order valence-corrected chi connectivity index (χ0v) is 18.0. The summed E-state index contributed by atoms with van der Waals surface area (Å²) in [5.74, 6) is -0.460. The number of benzene rings is 3. The van der Waals surface area contributed by atoms with Crippen molar-refractivity contribution >= 4 is 34.2 Å². The molecule has 1 aliphatic heterocycles. The molecule has 0 bridgehead atoms. The van der Waals surface area contributed by atoms with Crippen LogP contribution in [0.3, 0.4) is 0 Å². The maximum Gasteiger partial charge on any atom is 0.309 e. The van der Waals surface area contributed by atoms with Crippen LogP contribution in [0.15, 0.2) is 66.7 Å². The third kappa shape index (κ3) is 4.80. The molecule has 1 aliphatic rings. The number of nitrogens with one attached hydrogen (secondary N) is 1. The van der Waals surface area contributed by atoms with Gasteiger partial charge in [-0.1, -0.05) is 48.5 Å². The molecule has 6 nitrogen and oxygen atoms in total. The number of esters is 1. The molecule has 6 heteroatoms. The molecule has 4 rings (SSSR count). The van der Waals surface area contributed by atoms with Crippen LogP contribution in [-0.4, -0.2) is 42.9 Å². The van der Waals surface area contributed by atoms with Crippen molar-refractivity contribution in [3.8, 4) is 0 Å². The number of carbonyl (C=O) groups excluding carboxylic acids is 3. The monoisotopic (exact) mass is 430 g/mol. The largest absolute Gasteiger partial charge is 0.469 e. The number of carbonyl (C=O) groups is 3. The minimum atomic E-state index is -0.299. The summed E-state index contributed by atoms with van der Waals surface area (Å²) in [5, 5.41) is 4.95. The number of hydrogen-bond acceptors (Lipinski definition) is 4. The van der Waals surface area contributed by atoms with E-state index in [0.29, 0.717) is 37.2 Å². The molecule has 3 aromatic rings. The van der Waals surface area contributed by atoms with Gasteiger partial charge in [0.2, 0.25) is 5.91 Å². The summed E-state index contributed by atoms with van der Waals surface area (Å²) in [6.07, 6.45) is 1.46. The molecule has 0 aliphatic carbocycles. The highest BCUT2D eigenvalue weighted by atomic mass is 16.5. The fourth-order valence-electron chi connectivity index (χ4n) is 4.12. The van der Waals surface area contributed by atoms with Crippen LogP contribution in [0.1, 0.15) is 28.8 Å². The molecule has 1 saturated heterocycles. The summed E-state index contributed by atoms with van der Waals surface area (Å²) >= 11 is 0. The fraction of sp³-hybridized carbons (Fsp3) is 0.269. The van der Waals surface area contributed by atoms with Gasteiger partial charge in [0, 0.05) is 30.3 Å². The lowest BCUT2D eigenvalue weighted by atomic mass is 9.94. The summed E-state index contributed by atoms with van der Waals surface area (Å²) in [6, 6.07) is 20.8. The number of rotatable bonds is 5. The quantitative estimate of drug-likeness (QED) is 0.620. The summed E-state index contributed by atoms with van der Waals surface area (Å²) in [4.78, 5) is 39.0. The van der Waals surface area contributed by atoms with Gasteiger partial charge in [-0.3, -0.25) is 14.4 Å². The lowest BCUT2D eigenvalue weighted by molar-refractivity contribution is -0.139. The molecule has 1 N–H and O–H groups in total. The average Bonchev–Trinajstić information content (AvgIpc) is 2.84. The maximum absolute atomic E-state index is 13.1. The summed E-state index contributed by atoms with van der Waals surface area (Å²) in [7, 11) is 1.36. The Morgan fingerprint density at radius 3 is 2.34 bits per heavy atom. The number of anilines is 1. The molecular weight excluding hydrogens is 404 g/mol. The third-order valence-corrected chi connectivity index (χ3v) is 5.97. The van der Waals surface area contributed by atoms with Gasteiger partial charge in [0.25, 0.3) is 5.91 Å². The Balaban J connectivity index is 1.33. The molecule has 0 saturated carbocycles. The molecule has 0 spiro atoms. The van der Waals surface area contributed by atoms with E-state index in [9.17, 15) is 14.4 Å². The Kier molecular flexibility index (Phi) is 6.50. The number of nitrogens with zero attached hydrogens (tertiary/aromatic N) is 1. The second kappa shape index (κ2) is 9.64. The van der Waals surface area contributed by atoms with Gasteiger partial charge in [0.1, 0.15) is 0 Å². The first-order valence-corrected chi connectivity index (χ1v) is 10.8. The van der Waals surface area contributed by atoms with Gasteiger partial charge in [-0.15, -0.1) is 0 Å². The van der Waals surface area contributed by atoms with Crippen molar-refractivity contribution < 1.29 is 19.1 Å². The predicted octanol–water partition coefficient (Wildman–Crippen LogP) is 4.05. The van der Waals surface area contributed by atoms with Crippen LogP contribution in [0.5, 0.6) is 0 Å². The van der Waals surface area contributed by atoms with Crippen LogP contribution in [0.4, 0.5) is 5.69 Å². The van der Waals surface area contributed by atoms with Gasteiger partial charge in [-0.05, 0) is 47.4 Å². The van der Waals surface area contributed by atoms with E-state index >= 15 is 0 Å². The molecular formula is C26H26N2O4. The molecule has 1 fully saturated rings. The van der Waals surface area contributed by atoms with Crippen LogP contribution in [0.2, 0.25) is 0 Å². The van der Waals surface area contributed by atoms with Gasteiger partial charge in [-0.25, -0.2) is 0 Å². The summed E-state index contributed by atoms with van der Waals surface area (Å²) in [5.41, 5.74) is 2.23. The minimum absolute atomic E-state index is 0.0156. The normalized spacial score (nSPS) is 14.2. The molecule has 0 radical (unpaired) electrons. The number of fused-ring (bicyclic) bond motifs is 1. The lowest BCUT2D eigenvalue weighted by Gasteiger charge is -2.31. The van der Waals surface area contributed by atoms with Crippen molar-refractivity contribution in [2.24, 2.45) is 5.92 Å².